The van der Waals surface area contributed by atoms with E-state index in [1.54, 1.807) is 12.0 Å². The van der Waals surface area contributed by atoms with Crippen LogP contribution in [0.25, 0.3) is 0 Å². The molecular formula is C12H16O. The van der Waals surface area contributed by atoms with Crippen molar-refractivity contribution in [3.8, 4) is 0 Å². The first-order chi connectivity index (χ1) is 6.06. The Morgan fingerprint density at radius 3 is 2.00 bits per heavy atom. The molecule has 1 nitrogen and oxygen atoms in total. The van der Waals surface area contributed by atoms with Gasteiger partial charge in [-0.3, -0.25) is 0 Å². The van der Waals surface area contributed by atoms with Crippen LogP contribution in [0.15, 0.2) is 42.0 Å². The van der Waals surface area contributed by atoms with Crippen molar-refractivity contribution in [2.24, 2.45) is 0 Å². The number of allylic oxidation sites excluding steroid dienone is 5. The molecule has 0 unspecified atom stereocenters. The summed E-state index contributed by atoms with van der Waals surface area (Å²) < 4.78 is 0. The Balaban J connectivity index is 4.44. The molecule has 1 heteroatoms. The summed E-state index contributed by atoms with van der Waals surface area (Å²) in [5.41, 5.74) is 3.34. The summed E-state index contributed by atoms with van der Waals surface area (Å²) in [6.45, 7) is 11.6. The Bertz CT molecular complexity index is 257. The van der Waals surface area contributed by atoms with Crippen LogP contribution >= 0.6 is 0 Å². The topological polar surface area (TPSA) is 17.1 Å². The molecule has 0 aliphatic heterocycles. The van der Waals surface area contributed by atoms with Gasteiger partial charge in [-0.05, 0) is 26.7 Å². The second-order valence-corrected chi connectivity index (χ2v) is 3.38. The summed E-state index contributed by atoms with van der Waals surface area (Å²) >= 11 is 0. The third-order valence-corrected chi connectivity index (χ3v) is 1.44. The van der Waals surface area contributed by atoms with E-state index in [1.165, 1.54) is 6.08 Å². The molecule has 0 rings (SSSR count). The highest BCUT2D eigenvalue weighted by atomic mass is 16.1. The van der Waals surface area contributed by atoms with Gasteiger partial charge in [0.25, 0.3) is 0 Å². The van der Waals surface area contributed by atoms with E-state index in [1.807, 2.05) is 13.8 Å². The minimum atomic E-state index is 0.824. The molecule has 0 amide bonds. The van der Waals surface area contributed by atoms with Crippen LogP contribution in [0.1, 0.15) is 26.7 Å². The first-order valence-electron chi connectivity index (χ1n) is 4.24. The summed E-state index contributed by atoms with van der Waals surface area (Å²) in [7, 11) is 0. The Hall–Kier alpha value is -1.33. The molecule has 0 saturated heterocycles. The lowest BCUT2D eigenvalue weighted by molar-refractivity contribution is 0.569. The summed E-state index contributed by atoms with van der Waals surface area (Å²) in [6, 6.07) is 0. The van der Waals surface area contributed by atoms with E-state index >= 15 is 0 Å². The van der Waals surface area contributed by atoms with Gasteiger partial charge in [0.15, 0.2) is 0 Å². The molecule has 0 aromatic heterocycles. The second-order valence-electron chi connectivity index (χ2n) is 3.38. The molecule has 0 spiro atoms. The highest BCUT2D eigenvalue weighted by Gasteiger charge is 1.97. The molecule has 0 aromatic carbocycles. The molecule has 70 valence electrons. The molecule has 0 N–H and O–H groups in total. The monoisotopic (exact) mass is 176 g/mol. The highest BCUT2D eigenvalue weighted by molar-refractivity contribution is 5.49. The Kier molecular flexibility index (Phi) is 5.58. The molecule has 0 aliphatic carbocycles. The van der Waals surface area contributed by atoms with Crippen molar-refractivity contribution < 1.29 is 4.79 Å². The van der Waals surface area contributed by atoms with Crippen molar-refractivity contribution in [3.05, 3.63) is 42.0 Å². The third kappa shape index (κ3) is 7.04. The largest absolute Gasteiger partial charge is 0.234 e. The van der Waals surface area contributed by atoms with Crippen LogP contribution in [0.4, 0.5) is 0 Å². The zero-order valence-electron chi connectivity index (χ0n) is 8.39. The molecule has 0 atom stereocenters. The van der Waals surface area contributed by atoms with Crippen molar-refractivity contribution in [2.75, 3.05) is 0 Å². The van der Waals surface area contributed by atoms with Gasteiger partial charge in [-0.25, -0.2) is 4.79 Å². The van der Waals surface area contributed by atoms with Crippen LogP contribution in [0, 0.1) is 0 Å². The number of rotatable bonds is 5. The van der Waals surface area contributed by atoms with Crippen LogP contribution in [-0.4, -0.2) is 5.94 Å². The van der Waals surface area contributed by atoms with Crippen LogP contribution in [0.5, 0.6) is 0 Å². The Morgan fingerprint density at radius 2 is 1.69 bits per heavy atom. The Labute approximate surface area is 80.2 Å². The summed E-state index contributed by atoms with van der Waals surface area (Å²) in [5, 5.41) is 0. The van der Waals surface area contributed by atoms with Crippen molar-refractivity contribution >= 4 is 5.94 Å². The zero-order chi connectivity index (χ0) is 10.3. The van der Waals surface area contributed by atoms with Gasteiger partial charge < -0.3 is 0 Å². The fraction of sp³-hybridized carbons (Fsp3) is 0.333. The van der Waals surface area contributed by atoms with Gasteiger partial charge in [0.1, 0.15) is 5.94 Å². The number of hydrogen-bond acceptors (Lipinski definition) is 1. The molecule has 0 aromatic rings. The van der Waals surface area contributed by atoms with Crippen molar-refractivity contribution in [2.45, 2.75) is 26.7 Å². The standard InChI is InChI=1S/C12H16O/c1-10(2)8-12(6-5-7-13)9-11(3)4/h5-6H,1,3,8-9H2,2,4H3. The van der Waals surface area contributed by atoms with Crippen LogP contribution < -0.4 is 0 Å². The normalized spacial score (nSPS) is 8.46. The van der Waals surface area contributed by atoms with E-state index in [0.717, 1.165) is 29.6 Å². The second kappa shape index (κ2) is 6.22. The van der Waals surface area contributed by atoms with Gasteiger partial charge in [-0.15, -0.1) is 0 Å². The summed E-state index contributed by atoms with van der Waals surface area (Å²) in [6.07, 6.45) is 4.83. The van der Waals surface area contributed by atoms with Crippen molar-refractivity contribution in [3.63, 3.8) is 0 Å². The fourth-order valence-corrected chi connectivity index (χ4v) is 1.11. The number of hydrogen-bond donors (Lipinski definition) is 0. The zero-order valence-corrected chi connectivity index (χ0v) is 8.39. The molecule has 0 fully saturated rings. The van der Waals surface area contributed by atoms with Crippen molar-refractivity contribution in [1.29, 1.82) is 0 Å². The lowest BCUT2D eigenvalue weighted by atomic mass is 10.0. The lowest BCUT2D eigenvalue weighted by Crippen LogP contribution is -1.86. The predicted octanol–water partition coefficient (Wildman–Crippen LogP) is 3.23. The van der Waals surface area contributed by atoms with Crippen LogP contribution in [0.3, 0.4) is 0 Å². The molecule has 0 bridgehead atoms. The van der Waals surface area contributed by atoms with E-state index in [4.69, 9.17) is 0 Å². The van der Waals surface area contributed by atoms with Gasteiger partial charge >= 0.3 is 0 Å². The Morgan fingerprint density at radius 1 is 1.23 bits per heavy atom. The molecule has 0 radical (unpaired) electrons. The minimum absolute atomic E-state index is 0.824. The molecule has 13 heavy (non-hydrogen) atoms. The fourth-order valence-electron chi connectivity index (χ4n) is 1.11. The summed E-state index contributed by atoms with van der Waals surface area (Å²) in [5.74, 6) is 1.73. The van der Waals surface area contributed by atoms with Gasteiger partial charge in [-0.1, -0.05) is 36.0 Å². The van der Waals surface area contributed by atoms with E-state index in [-0.39, 0.29) is 0 Å². The van der Waals surface area contributed by atoms with Gasteiger partial charge in [0.05, 0.1) is 0 Å². The average Bonchev–Trinajstić information content (AvgIpc) is 1.98. The van der Waals surface area contributed by atoms with E-state index in [2.05, 4.69) is 13.2 Å². The number of carbonyl (C=O) groups excluding carboxylic acids is 1. The minimum Gasteiger partial charge on any atom is -0.234 e. The maximum absolute atomic E-state index is 10.0. The molecular weight excluding hydrogens is 160 g/mol. The summed E-state index contributed by atoms with van der Waals surface area (Å²) in [4.78, 5) is 10.0. The van der Waals surface area contributed by atoms with E-state index in [9.17, 15) is 4.79 Å². The first kappa shape index (κ1) is 11.7. The average molecular weight is 176 g/mol. The van der Waals surface area contributed by atoms with Gasteiger partial charge in [-0.2, -0.15) is 0 Å². The quantitative estimate of drug-likeness (QED) is 0.357. The van der Waals surface area contributed by atoms with Gasteiger partial charge in [0.2, 0.25) is 0 Å². The van der Waals surface area contributed by atoms with Gasteiger partial charge in [0, 0.05) is 6.08 Å². The highest BCUT2D eigenvalue weighted by Crippen LogP contribution is 2.16. The molecule has 0 saturated carbocycles. The van der Waals surface area contributed by atoms with Crippen LogP contribution in [-0.2, 0) is 4.79 Å². The molecule has 0 aliphatic rings. The maximum Gasteiger partial charge on any atom is 0.124 e. The first-order valence-corrected chi connectivity index (χ1v) is 4.24. The van der Waals surface area contributed by atoms with Crippen molar-refractivity contribution in [1.82, 2.24) is 0 Å². The lowest BCUT2D eigenvalue weighted by Gasteiger charge is -2.05. The van der Waals surface area contributed by atoms with Crippen LogP contribution in [0.2, 0.25) is 0 Å². The van der Waals surface area contributed by atoms with E-state index < -0.39 is 0 Å². The SMILES string of the molecule is C=C(C)CC(=CC=C=O)CC(=C)C. The third-order valence-electron chi connectivity index (χ3n) is 1.44. The van der Waals surface area contributed by atoms with E-state index in [0.29, 0.717) is 0 Å². The molecule has 0 heterocycles. The smallest absolute Gasteiger partial charge is 0.124 e. The maximum atomic E-state index is 10.0. The predicted molar refractivity (Wildman–Crippen MR) is 57.2 cm³/mol.